The minimum atomic E-state index is 0.173. The molecule has 1 fully saturated rings. The smallest absolute Gasteiger partial charge is 0.0896 e. The summed E-state index contributed by atoms with van der Waals surface area (Å²) in [5.41, 5.74) is 2.41. The highest BCUT2D eigenvalue weighted by molar-refractivity contribution is 5.12. The quantitative estimate of drug-likeness (QED) is 0.884. The lowest BCUT2D eigenvalue weighted by atomic mass is 9.97. The topological polar surface area (TPSA) is 52.0 Å². The molecule has 5 heteroatoms. The van der Waals surface area contributed by atoms with Gasteiger partial charge in [0.15, 0.2) is 0 Å². The molecule has 2 aromatic heterocycles. The van der Waals surface area contributed by atoms with Gasteiger partial charge in [-0.2, -0.15) is 5.10 Å². The first-order chi connectivity index (χ1) is 10.4. The summed E-state index contributed by atoms with van der Waals surface area (Å²) >= 11 is 0. The van der Waals surface area contributed by atoms with Crippen molar-refractivity contribution in [1.82, 2.24) is 20.1 Å². The Balaban J connectivity index is 1.54. The lowest BCUT2D eigenvalue weighted by Gasteiger charge is -2.17. The molecule has 1 N–H and O–H groups in total. The average molecular weight is 286 g/mol. The molecule has 2 aromatic rings. The Hall–Kier alpha value is -1.72. The van der Waals surface area contributed by atoms with Gasteiger partial charge >= 0.3 is 0 Å². The van der Waals surface area contributed by atoms with Gasteiger partial charge in [0.2, 0.25) is 0 Å². The van der Waals surface area contributed by atoms with E-state index in [1.54, 1.807) is 6.20 Å². The molecule has 3 rings (SSSR count). The summed E-state index contributed by atoms with van der Waals surface area (Å²) in [6.07, 6.45) is 9.02. The summed E-state index contributed by atoms with van der Waals surface area (Å²) in [7, 11) is 0. The number of nitrogens with zero attached hydrogens (tertiary/aromatic N) is 3. The van der Waals surface area contributed by atoms with Gasteiger partial charge in [-0.05, 0) is 25.0 Å². The number of aromatic nitrogens is 3. The molecule has 1 saturated heterocycles. The maximum absolute atomic E-state index is 5.91. The van der Waals surface area contributed by atoms with Crippen molar-refractivity contribution in [2.75, 3.05) is 13.2 Å². The van der Waals surface area contributed by atoms with Gasteiger partial charge in [0.1, 0.15) is 0 Å². The fourth-order valence-electron chi connectivity index (χ4n) is 2.82. The van der Waals surface area contributed by atoms with Gasteiger partial charge in [0, 0.05) is 56.3 Å². The second-order valence-corrected chi connectivity index (χ2v) is 5.46. The van der Waals surface area contributed by atoms with Crippen LogP contribution in [0.4, 0.5) is 0 Å². The monoisotopic (exact) mass is 286 g/mol. The van der Waals surface area contributed by atoms with Crippen LogP contribution in [0, 0.1) is 5.92 Å². The zero-order valence-corrected chi connectivity index (χ0v) is 12.4. The summed E-state index contributed by atoms with van der Waals surface area (Å²) in [4.78, 5) is 4.13. The Morgan fingerprint density at radius 2 is 2.38 bits per heavy atom. The van der Waals surface area contributed by atoms with Crippen molar-refractivity contribution in [2.45, 2.75) is 32.5 Å². The van der Waals surface area contributed by atoms with E-state index in [2.05, 4.69) is 34.6 Å². The molecule has 0 aromatic carbocycles. The van der Waals surface area contributed by atoms with Crippen LogP contribution in [0.25, 0.3) is 0 Å². The number of hydrogen-bond donors (Lipinski definition) is 1. The second kappa shape index (κ2) is 6.83. The molecule has 0 spiro atoms. The van der Waals surface area contributed by atoms with Crippen LogP contribution >= 0.6 is 0 Å². The Kier molecular flexibility index (Phi) is 4.62. The van der Waals surface area contributed by atoms with Gasteiger partial charge in [-0.1, -0.05) is 6.07 Å². The van der Waals surface area contributed by atoms with Crippen LogP contribution in [0.1, 0.15) is 30.6 Å². The molecular formula is C16H22N4O. The Morgan fingerprint density at radius 3 is 3.14 bits per heavy atom. The largest absolute Gasteiger partial charge is 0.373 e. The number of rotatable bonds is 6. The van der Waals surface area contributed by atoms with Crippen LogP contribution in [0.3, 0.4) is 0 Å². The molecule has 5 nitrogen and oxygen atoms in total. The average Bonchev–Trinajstić information content (AvgIpc) is 3.16. The normalized spacial score (nSPS) is 21.8. The second-order valence-electron chi connectivity index (χ2n) is 5.46. The van der Waals surface area contributed by atoms with Gasteiger partial charge in [-0.15, -0.1) is 0 Å². The van der Waals surface area contributed by atoms with Crippen molar-refractivity contribution in [3.8, 4) is 0 Å². The fourth-order valence-corrected chi connectivity index (χ4v) is 2.82. The third-order valence-corrected chi connectivity index (χ3v) is 3.98. The summed E-state index contributed by atoms with van der Waals surface area (Å²) < 4.78 is 7.86. The molecule has 0 radical (unpaired) electrons. The van der Waals surface area contributed by atoms with Gasteiger partial charge in [0.25, 0.3) is 0 Å². The van der Waals surface area contributed by atoms with E-state index in [4.69, 9.17) is 4.74 Å². The maximum Gasteiger partial charge on any atom is 0.0896 e. The SMILES string of the molecule is CCn1cc([C@H]2OCC[C@H]2CNCc2cccnc2)cn1. The van der Waals surface area contributed by atoms with Crippen molar-refractivity contribution >= 4 is 0 Å². The molecule has 0 saturated carbocycles. The number of aryl methyl sites for hydroxylation is 1. The van der Waals surface area contributed by atoms with Gasteiger partial charge in [-0.25, -0.2) is 0 Å². The Labute approximate surface area is 125 Å². The van der Waals surface area contributed by atoms with Gasteiger partial charge < -0.3 is 10.1 Å². The van der Waals surface area contributed by atoms with Crippen molar-refractivity contribution in [1.29, 1.82) is 0 Å². The standard InChI is InChI=1S/C16H22N4O/c1-2-20-12-15(11-19-20)16-14(5-7-21-16)10-18-9-13-4-3-6-17-8-13/h3-4,6,8,11-12,14,16,18H,2,5,7,9-10H2,1H3/t14-,16-/m0/s1. The highest BCUT2D eigenvalue weighted by Gasteiger charge is 2.30. The minimum Gasteiger partial charge on any atom is -0.373 e. The van der Waals surface area contributed by atoms with E-state index in [1.165, 1.54) is 11.1 Å². The van der Waals surface area contributed by atoms with Crippen LogP contribution in [-0.2, 0) is 17.8 Å². The molecular weight excluding hydrogens is 264 g/mol. The zero-order chi connectivity index (χ0) is 14.5. The summed E-state index contributed by atoms with van der Waals surface area (Å²) in [5.74, 6) is 0.510. The first-order valence-electron chi connectivity index (χ1n) is 7.60. The van der Waals surface area contributed by atoms with E-state index >= 15 is 0 Å². The predicted octanol–water partition coefficient (Wildman–Crippen LogP) is 2.17. The highest BCUT2D eigenvalue weighted by Crippen LogP contribution is 2.33. The van der Waals surface area contributed by atoms with Crippen LogP contribution < -0.4 is 5.32 Å². The molecule has 1 aliphatic rings. The third-order valence-electron chi connectivity index (χ3n) is 3.98. The van der Waals surface area contributed by atoms with Gasteiger partial charge in [-0.3, -0.25) is 9.67 Å². The highest BCUT2D eigenvalue weighted by atomic mass is 16.5. The minimum absolute atomic E-state index is 0.173. The van der Waals surface area contributed by atoms with Crippen molar-refractivity contribution in [2.24, 2.45) is 5.92 Å². The van der Waals surface area contributed by atoms with E-state index in [-0.39, 0.29) is 6.10 Å². The van der Waals surface area contributed by atoms with E-state index in [9.17, 15) is 0 Å². The summed E-state index contributed by atoms with van der Waals surface area (Å²) in [6.45, 7) is 5.64. The third kappa shape index (κ3) is 3.49. The molecule has 0 bridgehead atoms. The number of hydrogen-bond acceptors (Lipinski definition) is 4. The van der Waals surface area contributed by atoms with Crippen LogP contribution in [0.15, 0.2) is 36.9 Å². The van der Waals surface area contributed by atoms with Crippen LogP contribution in [-0.4, -0.2) is 27.9 Å². The van der Waals surface area contributed by atoms with E-state index in [0.29, 0.717) is 5.92 Å². The lowest BCUT2D eigenvalue weighted by Crippen LogP contribution is -2.24. The predicted molar refractivity (Wildman–Crippen MR) is 80.6 cm³/mol. The molecule has 21 heavy (non-hydrogen) atoms. The van der Waals surface area contributed by atoms with Crippen molar-refractivity contribution < 1.29 is 4.74 Å². The summed E-state index contributed by atoms with van der Waals surface area (Å²) in [6, 6.07) is 4.06. The number of ether oxygens (including phenoxy) is 1. The number of nitrogens with one attached hydrogen (secondary N) is 1. The van der Waals surface area contributed by atoms with Gasteiger partial charge in [0.05, 0.1) is 12.3 Å². The molecule has 0 unspecified atom stereocenters. The van der Waals surface area contributed by atoms with E-state index in [1.807, 2.05) is 23.1 Å². The van der Waals surface area contributed by atoms with Crippen molar-refractivity contribution in [3.05, 3.63) is 48.0 Å². The molecule has 0 aliphatic carbocycles. The van der Waals surface area contributed by atoms with Crippen molar-refractivity contribution in [3.63, 3.8) is 0 Å². The van der Waals surface area contributed by atoms with Crippen LogP contribution in [0.5, 0.6) is 0 Å². The van der Waals surface area contributed by atoms with E-state index < -0.39 is 0 Å². The molecule has 2 atom stereocenters. The fraction of sp³-hybridized carbons (Fsp3) is 0.500. The zero-order valence-electron chi connectivity index (χ0n) is 12.4. The molecule has 1 aliphatic heterocycles. The Morgan fingerprint density at radius 1 is 1.43 bits per heavy atom. The molecule has 0 amide bonds. The number of pyridine rings is 1. The lowest BCUT2D eigenvalue weighted by molar-refractivity contribution is 0.0904. The summed E-state index contributed by atoms with van der Waals surface area (Å²) in [5, 5.41) is 7.87. The van der Waals surface area contributed by atoms with E-state index in [0.717, 1.165) is 32.7 Å². The first-order valence-corrected chi connectivity index (χ1v) is 7.60. The molecule has 3 heterocycles. The first kappa shape index (κ1) is 14.2. The van der Waals surface area contributed by atoms with Crippen LogP contribution in [0.2, 0.25) is 0 Å². The Bertz CT molecular complexity index is 554. The maximum atomic E-state index is 5.91. The molecule has 112 valence electrons.